The van der Waals surface area contributed by atoms with Crippen molar-refractivity contribution >= 4 is 33.9 Å². The van der Waals surface area contributed by atoms with Crippen LogP contribution in [0.2, 0.25) is 0 Å². The topological polar surface area (TPSA) is 42.7 Å². The molecule has 98 valence electrons. The van der Waals surface area contributed by atoms with Crippen LogP contribution < -0.4 is 5.32 Å². The van der Waals surface area contributed by atoms with Crippen LogP contribution in [-0.2, 0) is 13.0 Å². The molecule has 6 heteroatoms. The summed E-state index contributed by atoms with van der Waals surface area (Å²) in [7, 11) is 2.00. The summed E-state index contributed by atoms with van der Waals surface area (Å²) in [4.78, 5) is 4.37. The molecule has 2 heterocycles. The number of likely N-dealkylation sites (N-methyl/N-ethyl adjacent to an activating group) is 1. The number of hydrogen-bond donors (Lipinski definition) is 1. The number of halogens is 1. The summed E-state index contributed by atoms with van der Waals surface area (Å²) < 4.78 is 3.32. The average molecular weight is 376 g/mol. The first-order valence-electron chi connectivity index (χ1n) is 6.02. The number of nitrogens with zero attached hydrogens (tertiary/aromatic N) is 3. The summed E-state index contributed by atoms with van der Waals surface area (Å²) >= 11 is 4.14. The summed E-state index contributed by atoms with van der Waals surface area (Å²) in [5.74, 6) is 1.05. The molecule has 0 radical (unpaired) electrons. The molecule has 0 saturated heterocycles. The van der Waals surface area contributed by atoms with Gasteiger partial charge in [0, 0.05) is 19.0 Å². The van der Waals surface area contributed by atoms with E-state index in [1.165, 1.54) is 8.45 Å². The Balaban J connectivity index is 2.12. The molecule has 18 heavy (non-hydrogen) atoms. The molecule has 0 saturated carbocycles. The molecule has 1 atom stereocenters. The standard InChI is InChI=1S/C12H17IN4S/c1-3-4-17-12(15-8-16-17)6-10(14-2)9-5-11(13)18-7-9/h5,7-8,10,14H,3-4,6H2,1-2H3. The Kier molecular flexibility index (Phi) is 5.13. The zero-order valence-electron chi connectivity index (χ0n) is 10.6. The van der Waals surface area contributed by atoms with Gasteiger partial charge in [-0.15, -0.1) is 11.3 Å². The number of aryl methyl sites for hydroxylation is 1. The fraction of sp³-hybridized carbons (Fsp3) is 0.500. The Morgan fingerprint density at radius 1 is 1.56 bits per heavy atom. The summed E-state index contributed by atoms with van der Waals surface area (Å²) in [6, 6.07) is 2.54. The normalized spacial score (nSPS) is 12.8. The minimum absolute atomic E-state index is 0.310. The maximum Gasteiger partial charge on any atom is 0.138 e. The third-order valence-electron chi connectivity index (χ3n) is 2.86. The van der Waals surface area contributed by atoms with E-state index >= 15 is 0 Å². The minimum Gasteiger partial charge on any atom is -0.313 e. The highest BCUT2D eigenvalue weighted by atomic mass is 127. The Labute approximate surface area is 125 Å². The summed E-state index contributed by atoms with van der Waals surface area (Å²) in [5.41, 5.74) is 1.33. The molecular weight excluding hydrogens is 359 g/mol. The van der Waals surface area contributed by atoms with Crippen molar-refractivity contribution in [3.05, 3.63) is 32.0 Å². The lowest BCUT2D eigenvalue weighted by molar-refractivity contribution is 0.517. The van der Waals surface area contributed by atoms with E-state index in [2.05, 4.69) is 56.4 Å². The quantitative estimate of drug-likeness (QED) is 0.789. The van der Waals surface area contributed by atoms with Crippen molar-refractivity contribution in [3.8, 4) is 0 Å². The van der Waals surface area contributed by atoms with Gasteiger partial charge in [-0.1, -0.05) is 6.92 Å². The van der Waals surface area contributed by atoms with E-state index in [9.17, 15) is 0 Å². The van der Waals surface area contributed by atoms with Crippen LogP contribution in [0.1, 0.15) is 30.8 Å². The van der Waals surface area contributed by atoms with Crippen LogP contribution in [0.25, 0.3) is 0 Å². The predicted octanol–water partition coefficient (Wildman–Crippen LogP) is 2.86. The van der Waals surface area contributed by atoms with Crippen LogP contribution in [0.3, 0.4) is 0 Å². The van der Waals surface area contributed by atoms with E-state index in [4.69, 9.17) is 0 Å². The maximum atomic E-state index is 4.37. The maximum absolute atomic E-state index is 4.37. The molecule has 0 aliphatic heterocycles. The largest absolute Gasteiger partial charge is 0.313 e. The Morgan fingerprint density at radius 2 is 2.39 bits per heavy atom. The number of aromatic nitrogens is 3. The Morgan fingerprint density at radius 3 is 3.00 bits per heavy atom. The predicted molar refractivity (Wildman–Crippen MR) is 82.9 cm³/mol. The van der Waals surface area contributed by atoms with Crippen molar-refractivity contribution in [1.82, 2.24) is 20.1 Å². The van der Waals surface area contributed by atoms with Crippen LogP contribution in [0.5, 0.6) is 0 Å². The first kappa shape index (κ1) is 14.0. The third-order valence-corrected chi connectivity index (χ3v) is 4.66. The zero-order chi connectivity index (χ0) is 13.0. The SMILES string of the molecule is CCCn1ncnc1CC(NC)c1csc(I)c1. The number of nitrogens with one attached hydrogen (secondary N) is 1. The molecule has 0 spiro atoms. The monoisotopic (exact) mass is 376 g/mol. The van der Waals surface area contributed by atoms with Crippen molar-refractivity contribution in [1.29, 1.82) is 0 Å². The second-order valence-electron chi connectivity index (χ2n) is 4.13. The van der Waals surface area contributed by atoms with E-state index in [0.717, 1.165) is 25.2 Å². The minimum atomic E-state index is 0.310. The third kappa shape index (κ3) is 3.30. The lowest BCUT2D eigenvalue weighted by Gasteiger charge is -2.14. The van der Waals surface area contributed by atoms with Crippen LogP contribution in [0, 0.1) is 2.88 Å². The number of rotatable bonds is 6. The van der Waals surface area contributed by atoms with Crippen LogP contribution in [0.15, 0.2) is 17.8 Å². The van der Waals surface area contributed by atoms with E-state index in [0.29, 0.717) is 6.04 Å². The van der Waals surface area contributed by atoms with Gasteiger partial charge in [-0.3, -0.25) is 4.68 Å². The molecule has 1 N–H and O–H groups in total. The zero-order valence-corrected chi connectivity index (χ0v) is 13.5. The second kappa shape index (κ2) is 6.63. The van der Waals surface area contributed by atoms with Crippen molar-refractivity contribution in [2.45, 2.75) is 32.4 Å². The highest BCUT2D eigenvalue weighted by Crippen LogP contribution is 2.24. The lowest BCUT2D eigenvalue weighted by Crippen LogP contribution is -2.20. The Bertz CT molecular complexity index is 494. The van der Waals surface area contributed by atoms with Crippen LogP contribution in [-0.4, -0.2) is 21.8 Å². The molecule has 2 aromatic rings. The molecule has 2 rings (SSSR count). The van der Waals surface area contributed by atoms with E-state index in [-0.39, 0.29) is 0 Å². The molecular formula is C12H17IN4S. The lowest BCUT2D eigenvalue weighted by atomic mass is 10.1. The van der Waals surface area contributed by atoms with Gasteiger partial charge in [0.1, 0.15) is 12.2 Å². The fourth-order valence-electron chi connectivity index (χ4n) is 1.92. The molecule has 0 fully saturated rings. The van der Waals surface area contributed by atoms with Gasteiger partial charge in [0.05, 0.1) is 2.88 Å². The molecule has 0 aromatic carbocycles. The average Bonchev–Trinajstić information content (AvgIpc) is 2.96. The van der Waals surface area contributed by atoms with Gasteiger partial charge in [-0.2, -0.15) is 5.10 Å². The molecule has 0 aliphatic carbocycles. The Hall–Kier alpha value is -0.470. The number of thiophene rings is 1. The highest BCUT2D eigenvalue weighted by molar-refractivity contribution is 14.1. The van der Waals surface area contributed by atoms with Gasteiger partial charge in [0.2, 0.25) is 0 Å². The molecule has 4 nitrogen and oxygen atoms in total. The smallest absolute Gasteiger partial charge is 0.138 e. The first-order valence-corrected chi connectivity index (χ1v) is 7.98. The molecule has 0 amide bonds. The number of hydrogen-bond acceptors (Lipinski definition) is 4. The van der Waals surface area contributed by atoms with Crippen LogP contribution >= 0.6 is 33.9 Å². The van der Waals surface area contributed by atoms with Crippen molar-refractivity contribution < 1.29 is 0 Å². The van der Waals surface area contributed by atoms with Gasteiger partial charge in [0.25, 0.3) is 0 Å². The van der Waals surface area contributed by atoms with Gasteiger partial charge >= 0.3 is 0 Å². The van der Waals surface area contributed by atoms with Crippen molar-refractivity contribution in [2.24, 2.45) is 0 Å². The summed E-state index contributed by atoms with van der Waals surface area (Å²) in [6.07, 6.45) is 3.61. The van der Waals surface area contributed by atoms with E-state index in [1.54, 1.807) is 17.7 Å². The molecule has 1 unspecified atom stereocenters. The van der Waals surface area contributed by atoms with E-state index < -0.39 is 0 Å². The van der Waals surface area contributed by atoms with E-state index in [1.807, 2.05) is 11.7 Å². The van der Waals surface area contributed by atoms with Crippen molar-refractivity contribution in [3.63, 3.8) is 0 Å². The fourth-order valence-corrected chi connectivity index (χ4v) is 3.35. The first-order chi connectivity index (χ1) is 8.74. The second-order valence-corrected chi connectivity index (χ2v) is 6.93. The van der Waals surface area contributed by atoms with Gasteiger partial charge in [-0.25, -0.2) is 4.98 Å². The van der Waals surface area contributed by atoms with Gasteiger partial charge < -0.3 is 5.32 Å². The highest BCUT2D eigenvalue weighted by Gasteiger charge is 2.15. The molecule has 0 aliphatic rings. The van der Waals surface area contributed by atoms with Gasteiger partial charge in [-0.05, 0) is 53.1 Å². The van der Waals surface area contributed by atoms with Gasteiger partial charge in [0.15, 0.2) is 0 Å². The van der Waals surface area contributed by atoms with Crippen molar-refractivity contribution in [2.75, 3.05) is 7.05 Å². The summed E-state index contributed by atoms with van der Waals surface area (Å²) in [6.45, 7) is 3.09. The molecule has 2 aromatic heterocycles. The van der Waals surface area contributed by atoms with Crippen LogP contribution in [0.4, 0.5) is 0 Å². The summed E-state index contributed by atoms with van der Waals surface area (Å²) in [5, 5.41) is 9.84. The molecule has 0 bridgehead atoms.